The van der Waals surface area contributed by atoms with Crippen molar-refractivity contribution in [1.82, 2.24) is 4.72 Å². The molecule has 0 amide bonds. The first-order valence-corrected chi connectivity index (χ1v) is 8.01. The molecule has 0 aliphatic carbocycles. The van der Waals surface area contributed by atoms with E-state index in [9.17, 15) is 13.2 Å². The third kappa shape index (κ3) is 3.06. The molecule has 0 unspecified atom stereocenters. The van der Waals surface area contributed by atoms with Crippen LogP contribution in [0, 0.1) is 13.8 Å². The van der Waals surface area contributed by atoms with Gasteiger partial charge >= 0.3 is 5.97 Å². The molecule has 0 fully saturated rings. The minimum absolute atomic E-state index is 0.0848. The third-order valence-electron chi connectivity index (χ3n) is 2.29. The number of rotatable bonds is 6. The third-order valence-corrected chi connectivity index (χ3v) is 4.51. The Hall–Kier alpha value is -0.990. The molecule has 1 aromatic rings. The van der Waals surface area contributed by atoms with E-state index in [1.807, 2.05) is 6.26 Å². The van der Waals surface area contributed by atoms with Crippen LogP contribution in [0.1, 0.15) is 21.9 Å². The average Bonchev–Trinajstić information content (AvgIpc) is 2.54. The molecular formula is C10H15NO5S2. The van der Waals surface area contributed by atoms with Gasteiger partial charge in [0.25, 0.3) is 0 Å². The molecular weight excluding hydrogens is 278 g/mol. The van der Waals surface area contributed by atoms with Gasteiger partial charge in [-0.1, -0.05) is 0 Å². The van der Waals surface area contributed by atoms with Gasteiger partial charge in [-0.25, -0.2) is 17.9 Å². The second-order valence-electron chi connectivity index (χ2n) is 3.61. The predicted octanol–water partition coefficient (Wildman–Crippen LogP) is 1.24. The van der Waals surface area contributed by atoms with Crippen molar-refractivity contribution in [3.8, 4) is 0 Å². The monoisotopic (exact) mass is 293 g/mol. The summed E-state index contributed by atoms with van der Waals surface area (Å²) in [6.45, 7) is 3.10. The van der Waals surface area contributed by atoms with Crippen LogP contribution in [0.2, 0.25) is 0 Å². The van der Waals surface area contributed by atoms with Crippen molar-refractivity contribution in [3.63, 3.8) is 0 Å². The molecule has 0 atom stereocenters. The van der Waals surface area contributed by atoms with Gasteiger partial charge in [-0.05, 0) is 20.1 Å². The Balaban J connectivity index is 3.20. The van der Waals surface area contributed by atoms with Gasteiger partial charge in [-0.15, -0.1) is 0 Å². The van der Waals surface area contributed by atoms with Crippen molar-refractivity contribution in [2.75, 3.05) is 18.6 Å². The maximum atomic E-state index is 12.0. The van der Waals surface area contributed by atoms with E-state index in [1.165, 1.54) is 25.6 Å². The van der Waals surface area contributed by atoms with E-state index in [1.54, 1.807) is 0 Å². The number of aryl methyl sites for hydroxylation is 2. The SMILES string of the molecule is CSCCNS(=O)(=O)c1c(C)oc(C)c1C(=O)O. The van der Waals surface area contributed by atoms with E-state index in [0.717, 1.165) is 0 Å². The number of furan rings is 1. The number of nitrogens with one attached hydrogen (secondary N) is 1. The summed E-state index contributed by atoms with van der Waals surface area (Å²) >= 11 is 1.49. The van der Waals surface area contributed by atoms with Crippen molar-refractivity contribution < 1.29 is 22.7 Å². The van der Waals surface area contributed by atoms with Crippen molar-refractivity contribution >= 4 is 27.8 Å². The lowest BCUT2D eigenvalue weighted by atomic mass is 10.2. The molecule has 0 saturated carbocycles. The van der Waals surface area contributed by atoms with Gasteiger partial charge in [-0.3, -0.25) is 0 Å². The van der Waals surface area contributed by atoms with Crippen LogP contribution < -0.4 is 4.72 Å². The second kappa shape index (κ2) is 5.77. The Kier molecular flexibility index (Phi) is 4.83. The highest BCUT2D eigenvalue weighted by atomic mass is 32.2. The zero-order valence-electron chi connectivity index (χ0n) is 10.3. The molecule has 6 nitrogen and oxygen atoms in total. The van der Waals surface area contributed by atoms with Crippen molar-refractivity contribution in [2.45, 2.75) is 18.7 Å². The normalized spacial score (nSPS) is 11.7. The summed E-state index contributed by atoms with van der Waals surface area (Å²) in [4.78, 5) is 10.8. The molecule has 0 aliphatic heterocycles. The Morgan fingerprint density at radius 2 is 2.00 bits per heavy atom. The first-order chi connectivity index (χ1) is 8.31. The van der Waals surface area contributed by atoms with Gasteiger partial charge in [0.15, 0.2) is 0 Å². The van der Waals surface area contributed by atoms with Crippen molar-refractivity contribution in [2.24, 2.45) is 0 Å². The fraction of sp³-hybridized carbons (Fsp3) is 0.500. The number of sulfonamides is 1. The van der Waals surface area contributed by atoms with Crippen LogP contribution in [0.5, 0.6) is 0 Å². The van der Waals surface area contributed by atoms with Gasteiger partial charge in [0, 0.05) is 12.3 Å². The van der Waals surface area contributed by atoms with E-state index in [4.69, 9.17) is 9.52 Å². The van der Waals surface area contributed by atoms with E-state index in [0.29, 0.717) is 5.75 Å². The molecule has 102 valence electrons. The van der Waals surface area contributed by atoms with Crippen LogP contribution in [-0.4, -0.2) is 38.0 Å². The minimum Gasteiger partial charge on any atom is -0.478 e. The summed E-state index contributed by atoms with van der Waals surface area (Å²) in [6, 6.07) is 0. The number of hydrogen-bond acceptors (Lipinski definition) is 5. The number of carbonyl (C=O) groups is 1. The molecule has 1 heterocycles. The second-order valence-corrected chi connectivity index (χ2v) is 6.30. The first-order valence-electron chi connectivity index (χ1n) is 5.13. The lowest BCUT2D eigenvalue weighted by Gasteiger charge is -2.05. The van der Waals surface area contributed by atoms with Crippen LogP contribution in [-0.2, 0) is 10.0 Å². The van der Waals surface area contributed by atoms with E-state index >= 15 is 0 Å². The molecule has 0 radical (unpaired) electrons. The molecule has 1 rings (SSSR count). The Morgan fingerprint density at radius 3 is 2.50 bits per heavy atom. The summed E-state index contributed by atoms with van der Waals surface area (Å²) < 4.78 is 31.5. The maximum Gasteiger partial charge on any atom is 0.340 e. The predicted molar refractivity (Wildman–Crippen MR) is 68.7 cm³/mol. The van der Waals surface area contributed by atoms with Gasteiger partial charge in [0.05, 0.1) is 0 Å². The Labute approximate surface area is 110 Å². The number of hydrogen-bond donors (Lipinski definition) is 2. The van der Waals surface area contributed by atoms with Crippen LogP contribution in [0.4, 0.5) is 0 Å². The minimum atomic E-state index is -3.86. The Bertz CT molecular complexity index is 547. The largest absolute Gasteiger partial charge is 0.478 e. The molecule has 0 bridgehead atoms. The molecule has 2 N–H and O–H groups in total. The molecule has 0 saturated heterocycles. The Morgan fingerprint density at radius 1 is 1.39 bits per heavy atom. The molecule has 8 heteroatoms. The fourth-order valence-corrected chi connectivity index (χ4v) is 3.45. The number of carboxylic acid groups (broad SMARTS) is 1. The highest BCUT2D eigenvalue weighted by Crippen LogP contribution is 2.26. The smallest absolute Gasteiger partial charge is 0.340 e. The van der Waals surface area contributed by atoms with Crippen molar-refractivity contribution in [1.29, 1.82) is 0 Å². The zero-order valence-corrected chi connectivity index (χ0v) is 11.9. The molecule has 18 heavy (non-hydrogen) atoms. The average molecular weight is 293 g/mol. The molecule has 0 aromatic carbocycles. The maximum absolute atomic E-state index is 12.0. The van der Waals surface area contributed by atoms with Crippen LogP contribution in [0.15, 0.2) is 9.31 Å². The van der Waals surface area contributed by atoms with Crippen molar-refractivity contribution in [3.05, 3.63) is 17.1 Å². The lowest BCUT2D eigenvalue weighted by molar-refractivity contribution is 0.0691. The first kappa shape index (κ1) is 15.1. The van der Waals surface area contributed by atoms with Crippen LogP contribution in [0.25, 0.3) is 0 Å². The summed E-state index contributed by atoms with van der Waals surface area (Å²) in [5.74, 6) is -0.529. The standard InChI is InChI=1S/C10H15NO5S2/c1-6-8(10(12)13)9(7(2)16-6)18(14,15)11-4-5-17-3/h11H,4-5H2,1-3H3,(H,12,13). The zero-order chi connectivity index (χ0) is 13.9. The highest BCUT2D eigenvalue weighted by molar-refractivity contribution is 7.98. The summed E-state index contributed by atoms with van der Waals surface area (Å²) in [6.07, 6.45) is 1.85. The summed E-state index contributed by atoms with van der Waals surface area (Å²) in [7, 11) is -3.86. The van der Waals surface area contributed by atoms with Gasteiger partial charge in [0.1, 0.15) is 22.0 Å². The molecule has 0 aliphatic rings. The highest BCUT2D eigenvalue weighted by Gasteiger charge is 2.30. The van der Waals surface area contributed by atoms with Gasteiger partial charge < -0.3 is 9.52 Å². The van der Waals surface area contributed by atoms with E-state index < -0.39 is 16.0 Å². The molecule has 1 aromatic heterocycles. The number of aromatic carboxylic acids is 1. The van der Waals surface area contributed by atoms with E-state index in [2.05, 4.69) is 4.72 Å². The summed E-state index contributed by atoms with van der Waals surface area (Å²) in [5.41, 5.74) is -0.302. The topological polar surface area (TPSA) is 96.6 Å². The number of thioether (sulfide) groups is 1. The lowest BCUT2D eigenvalue weighted by Crippen LogP contribution is -2.27. The quantitative estimate of drug-likeness (QED) is 0.766. The van der Waals surface area contributed by atoms with Crippen LogP contribution in [0.3, 0.4) is 0 Å². The van der Waals surface area contributed by atoms with Gasteiger partial charge in [0.2, 0.25) is 10.0 Å². The number of carboxylic acids is 1. The summed E-state index contributed by atoms with van der Waals surface area (Å²) in [5, 5.41) is 9.04. The molecule has 0 spiro atoms. The van der Waals surface area contributed by atoms with E-state index in [-0.39, 0.29) is 28.5 Å². The fourth-order valence-electron chi connectivity index (χ4n) is 1.58. The van der Waals surface area contributed by atoms with Crippen LogP contribution >= 0.6 is 11.8 Å². The van der Waals surface area contributed by atoms with Gasteiger partial charge in [-0.2, -0.15) is 11.8 Å².